The monoisotopic (exact) mass is 374 g/mol. The number of nitrogens with one attached hydrogen (secondary N) is 2. The molecule has 0 unspecified atom stereocenters. The maximum atomic E-state index is 14.4. The van der Waals surface area contributed by atoms with Crippen molar-refractivity contribution in [3.63, 3.8) is 0 Å². The second kappa shape index (κ2) is 7.94. The second-order valence-corrected chi connectivity index (χ2v) is 5.66. The molecule has 140 valence electrons. The Morgan fingerprint density at radius 3 is 2.63 bits per heavy atom. The SMILES string of the molecule is C=CCNc1nnc(-c2ccc(F)c(F)c2Nc2ccc(CC)cc2F)o1. The first kappa shape index (κ1) is 18.5. The standard InChI is InChI=1S/C19H17F3N4O/c1-3-9-23-19-26-25-18(27-19)12-6-7-13(20)16(22)17(12)24-15-8-5-11(4-2)10-14(15)21/h3,5-8,10,24H,1,4,9H2,2H3,(H,23,26). The van der Waals surface area contributed by atoms with Crippen LogP contribution < -0.4 is 10.6 Å². The van der Waals surface area contributed by atoms with Crippen LogP contribution in [-0.4, -0.2) is 16.7 Å². The summed E-state index contributed by atoms with van der Waals surface area (Å²) in [4.78, 5) is 0. The molecule has 3 rings (SSSR count). The first-order valence-electron chi connectivity index (χ1n) is 8.25. The summed E-state index contributed by atoms with van der Waals surface area (Å²) in [5.41, 5.74) is 0.597. The zero-order chi connectivity index (χ0) is 19.4. The van der Waals surface area contributed by atoms with E-state index in [2.05, 4.69) is 27.4 Å². The topological polar surface area (TPSA) is 63.0 Å². The van der Waals surface area contributed by atoms with Crippen molar-refractivity contribution in [2.24, 2.45) is 0 Å². The molecule has 2 N–H and O–H groups in total. The lowest BCUT2D eigenvalue weighted by Gasteiger charge is -2.13. The lowest BCUT2D eigenvalue weighted by molar-refractivity contribution is 0.511. The summed E-state index contributed by atoms with van der Waals surface area (Å²) in [5.74, 6) is -2.89. The van der Waals surface area contributed by atoms with Gasteiger partial charge in [0.05, 0.1) is 16.9 Å². The summed E-state index contributed by atoms with van der Waals surface area (Å²) < 4.78 is 47.9. The summed E-state index contributed by atoms with van der Waals surface area (Å²) in [6, 6.07) is 6.82. The molecule has 0 saturated carbocycles. The number of hydrogen-bond donors (Lipinski definition) is 2. The van der Waals surface area contributed by atoms with Gasteiger partial charge in [0.1, 0.15) is 5.82 Å². The Balaban J connectivity index is 2.00. The van der Waals surface area contributed by atoms with Gasteiger partial charge >= 0.3 is 6.01 Å². The van der Waals surface area contributed by atoms with Crippen LogP contribution in [0.1, 0.15) is 12.5 Å². The predicted octanol–water partition coefficient (Wildman–Crippen LogP) is 5.06. The highest BCUT2D eigenvalue weighted by molar-refractivity contribution is 5.78. The number of nitrogens with zero attached hydrogens (tertiary/aromatic N) is 2. The molecule has 27 heavy (non-hydrogen) atoms. The van der Waals surface area contributed by atoms with Crippen molar-refractivity contribution in [1.82, 2.24) is 10.2 Å². The molecular formula is C19H17F3N4O. The smallest absolute Gasteiger partial charge is 0.315 e. The van der Waals surface area contributed by atoms with Crippen LogP contribution in [-0.2, 0) is 6.42 Å². The molecular weight excluding hydrogens is 357 g/mol. The molecule has 0 atom stereocenters. The summed E-state index contributed by atoms with van der Waals surface area (Å²) in [6.07, 6.45) is 2.25. The third kappa shape index (κ3) is 3.94. The van der Waals surface area contributed by atoms with Crippen LogP contribution in [0, 0.1) is 17.5 Å². The first-order chi connectivity index (χ1) is 13.0. The van der Waals surface area contributed by atoms with Gasteiger partial charge in [0.25, 0.3) is 5.89 Å². The van der Waals surface area contributed by atoms with Gasteiger partial charge in [0, 0.05) is 6.54 Å². The van der Waals surface area contributed by atoms with Gasteiger partial charge in [-0.1, -0.05) is 24.2 Å². The minimum atomic E-state index is -1.18. The summed E-state index contributed by atoms with van der Waals surface area (Å²) in [5, 5.41) is 13.0. The van der Waals surface area contributed by atoms with Crippen LogP contribution in [0.25, 0.3) is 11.5 Å². The Bertz CT molecular complexity index is 972. The highest BCUT2D eigenvalue weighted by Gasteiger charge is 2.20. The predicted molar refractivity (Wildman–Crippen MR) is 97.4 cm³/mol. The van der Waals surface area contributed by atoms with Crippen molar-refractivity contribution in [2.45, 2.75) is 13.3 Å². The number of rotatable bonds is 7. The van der Waals surface area contributed by atoms with Crippen molar-refractivity contribution in [3.05, 3.63) is 66.0 Å². The van der Waals surface area contributed by atoms with Gasteiger partial charge < -0.3 is 15.1 Å². The molecule has 1 aromatic heterocycles. The molecule has 0 aliphatic rings. The van der Waals surface area contributed by atoms with Gasteiger partial charge in [-0.15, -0.1) is 11.7 Å². The van der Waals surface area contributed by atoms with Gasteiger partial charge in [-0.3, -0.25) is 0 Å². The van der Waals surface area contributed by atoms with Crippen molar-refractivity contribution < 1.29 is 17.6 Å². The zero-order valence-electron chi connectivity index (χ0n) is 14.5. The van der Waals surface area contributed by atoms with Gasteiger partial charge in [0.2, 0.25) is 0 Å². The van der Waals surface area contributed by atoms with E-state index in [0.29, 0.717) is 13.0 Å². The van der Waals surface area contributed by atoms with E-state index < -0.39 is 17.5 Å². The van der Waals surface area contributed by atoms with Crippen LogP contribution >= 0.6 is 0 Å². The van der Waals surface area contributed by atoms with Gasteiger partial charge in [0.15, 0.2) is 11.6 Å². The molecule has 0 bridgehead atoms. The molecule has 0 fully saturated rings. The Kier molecular flexibility index (Phi) is 5.44. The van der Waals surface area contributed by atoms with Crippen molar-refractivity contribution in [2.75, 3.05) is 17.2 Å². The Hall–Kier alpha value is -3.29. The van der Waals surface area contributed by atoms with E-state index in [1.807, 2.05) is 6.92 Å². The van der Waals surface area contributed by atoms with E-state index >= 15 is 0 Å². The molecule has 0 spiro atoms. The fourth-order valence-electron chi connectivity index (χ4n) is 2.43. The summed E-state index contributed by atoms with van der Waals surface area (Å²) >= 11 is 0. The lowest BCUT2D eigenvalue weighted by Crippen LogP contribution is -2.02. The summed E-state index contributed by atoms with van der Waals surface area (Å²) in [6.45, 7) is 5.83. The van der Waals surface area contributed by atoms with E-state index in [1.54, 1.807) is 12.1 Å². The van der Waals surface area contributed by atoms with Crippen molar-refractivity contribution >= 4 is 17.4 Å². The number of hydrogen-bond acceptors (Lipinski definition) is 5. The third-order valence-electron chi connectivity index (χ3n) is 3.85. The van der Waals surface area contributed by atoms with Crippen molar-refractivity contribution in [1.29, 1.82) is 0 Å². The number of halogens is 3. The molecule has 8 heteroatoms. The van der Waals surface area contributed by atoms with E-state index in [0.717, 1.165) is 11.6 Å². The average Bonchev–Trinajstić information content (AvgIpc) is 3.14. The molecule has 0 aliphatic carbocycles. The lowest BCUT2D eigenvalue weighted by atomic mass is 10.1. The number of benzene rings is 2. The Labute approximate surface area is 153 Å². The minimum absolute atomic E-state index is 0.00229. The van der Waals surface area contributed by atoms with Crippen molar-refractivity contribution in [3.8, 4) is 11.5 Å². The largest absolute Gasteiger partial charge is 0.403 e. The van der Waals surface area contributed by atoms with Gasteiger partial charge in [-0.05, 0) is 36.2 Å². The molecule has 1 heterocycles. The van der Waals surface area contributed by atoms with Crippen LogP contribution in [0.3, 0.4) is 0 Å². The third-order valence-corrected chi connectivity index (χ3v) is 3.85. The van der Waals surface area contributed by atoms with Gasteiger partial charge in [-0.25, -0.2) is 13.2 Å². The van der Waals surface area contributed by atoms with Crippen LogP contribution in [0.5, 0.6) is 0 Å². The van der Waals surface area contributed by atoms with Gasteiger partial charge in [-0.2, -0.15) is 0 Å². The normalized spacial score (nSPS) is 10.7. The average molecular weight is 374 g/mol. The second-order valence-electron chi connectivity index (χ2n) is 5.66. The minimum Gasteiger partial charge on any atom is -0.403 e. The van der Waals surface area contributed by atoms with Crippen LogP contribution in [0.4, 0.5) is 30.6 Å². The number of anilines is 3. The number of aryl methyl sites for hydroxylation is 1. The quantitative estimate of drug-likeness (QED) is 0.566. The Morgan fingerprint density at radius 2 is 1.93 bits per heavy atom. The summed E-state index contributed by atoms with van der Waals surface area (Å²) in [7, 11) is 0. The zero-order valence-corrected chi connectivity index (χ0v) is 14.5. The maximum absolute atomic E-state index is 14.4. The highest BCUT2D eigenvalue weighted by Crippen LogP contribution is 2.34. The Morgan fingerprint density at radius 1 is 1.11 bits per heavy atom. The molecule has 0 saturated heterocycles. The van der Waals surface area contributed by atoms with E-state index in [9.17, 15) is 13.2 Å². The maximum Gasteiger partial charge on any atom is 0.315 e. The molecule has 0 amide bonds. The van der Waals surface area contributed by atoms with Crippen LogP contribution in [0.15, 0.2) is 47.4 Å². The molecule has 0 aliphatic heterocycles. The van der Waals surface area contributed by atoms with Crippen LogP contribution in [0.2, 0.25) is 0 Å². The first-order valence-corrected chi connectivity index (χ1v) is 8.25. The number of aromatic nitrogens is 2. The molecule has 0 radical (unpaired) electrons. The molecule has 3 aromatic rings. The van der Waals surface area contributed by atoms with E-state index in [1.165, 1.54) is 18.2 Å². The molecule has 5 nitrogen and oxygen atoms in total. The van der Waals surface area contributed by atoms with E-state index in [4.69, 9.17) is 4.42 Å². The van der Waals surface area contributed by atoms with E-state index in [-0.39, 0.29) is 28.8 Å². The highest BCUT2D eigenvalue weighted by atomic mass is 19.2. The molecule has 2 aromatic carbocycles. The fraction of sp³-hybridized carbons (Fsp3) is 0.158. The fourth-order valence-corrected chi connectivity index (χ4v) is 2.43.